The molecule has 0 bridgehead atoms. The maximum Gasteiger partial charge on any atom is 0.519 e. The molecule has 1 unspecified atom stereocenters. The largest absolute Gasteiger partial charge is 0.519 e. The Hall–Kier alpha value is -8.26. The van der Waals surface area contributed by atoms with Gasteiger partial charge in [0.1, 0.15) is 17.2 Å². The smallest absolute Gasteiger partial charge is 0.493 e. The van der Waals surface area contributed by atoms with Crippen LogP contribution in [0.4, 0.5) is 14.4 Å². The summed E-state index contributed by atoms with van der Waals surface area (Å²) in [5, 5.41) is 0. The zero-order valence-corrected chi connectivity index (χ0v) is 58.6. The van der Waals surface area contributed by atoms with Crippen LogP contribution in [-0.4, -0.2) is 65.0 Å². The molecule has 0 amide bonds. The van der Waals surface area contributed by atoms with Gasteiger partial charge in [-0.3, -0.25) is 0 Å². The summed E-state index contributed by atoms with van der Waals surface area (Å²) in [6, 6.07) is 64.9. The summed E-state index contributed by atoms with van der Waals surface area (Å²) >= 11 is 0. The van der Waals surface area contributed by atoms with Crippen molar-refractivity contribution in [2.45, 2.75) is 135 Å². The van der Waals surface area contributed by atoms with Crippen molar-refractivity contribution in [2.24, 2.45) is 0 Å². The molecule has 0 radical (unpaired) electrons. The summed E-state index contributed by atoms with van der Waals surface area (Å²) in [6.45, 7) is 26.3. The van der Waals surface area contributed by atoms with Gasteiger partial charge in [-0.15, -0.1) is 0 Å². The molecule has 13 nitrogen and oxygen atoms in total. The van der Waals surface area contributed by atoms with Crippen LogP contribution in [0, 0.1) is 6.92 Å². The number of carbonyl (C=O) groups excluding carboxylic acids is 3. The normalized spacial score (nSPS) is 12.1. The highest BCUT2D eigenvalue weighted by Gasteiger charge is 2.39. The van der Waals surface area contributed by atoms with E-state index in [1.54, 1.807) is 62.8 Å². The van der Waals surface area contributed by atoms with Crippen molar-refractivity contribution in [3.05, 3.63) is 244 Å². The Morgan fingerprint density at radius 2 is 0.758 bits per heavy atom. The number of carbonyl (C=O) groups is 3. The van der Waals surface area contributed by atoms with Crippen LogP contribution >= 0.6 is 0 Å². The summed E-state index contributed by atoms with van der Waals surface area (Å²) in [7, 11) is -2.09. The van der Waals surface area contributed by atoms with Gasteiger partial charge >= 0.3 is 27.0 Å². The van der Waals surface area contributed by atoms with E-state index in [-0.39, 0.29) is 16.7 Å². The third-order valence-corrected chi connectivity index (χ3v) is 27.7. The molecule has 0 aromatic heterocycles. The molecule has 0 aliphatic rings. The van der Waals surface area contributed by atoms with Gasteiger partial charge in [0.05, 0.1) is 21.3 Å². The second kappa shape index (κ2) is 31.7. The molecule has 8 rings (SSSR count). The minimum Gasteiger partial charge on any atom is -0.493 e. The Bertz CT molecular complexity index is 3630. The van der Waals surface area contributed by atoms with Crippen LogP contribution in [0.15, 0.2) is 194 Å². The monoisotopic (exact) mass is 1280 g/mol. The van der Waals surface area contributed by atoms with Crippen molar-refractivity contribution in [1.29, 1.82) is 0 Å². The first-order valence-electron chi connectivity index (χ1n) is 31.0. The molecule has 91 heavy (non-hydrogen) atoms. The fourth-order valence-corrected chi connectivity index (χ4v) is 25.2. The van der Waals surface area contributed by atoms with Gasteiger partial charge < -0.3 is 46.1 Å². The van der Waals surface area contributed by atoms with Gasteiger partial charge in [0.2, 0.25) is 0 Å². The van der Waals surface area contributed by atoms with Gasteiger partial charge in [0, 0.05) is 16.7 Å². The second-order valence-electron chi connectivity index (χ2n) is 25.5. The Labute approximate surface area is 542 Å². The van der Waals surface area contributed by atoms with Crippen molar-refractivity contribution >= 4 is 43.7 Å². The van der Waals surface area contributed by atoms with E-state index in [4.69, 9.17) is 41.4 Å². The Balaban J connectivity index is 0.000000287. The first-order valence-corrected chi connectivity index (χ1v) is 40.0. The van der Waals surface area contributed by atoms with Crippen LogP contribution in [-0.2, 0) is 36.6 Å². The summed E-state index contributed by atoms with van der Waals surface area (Å²) < 4.78 is 56.3. The van der Waals surface area contributed by atoms with E-state index in [1.807, 2.05) is 97.1 Å². The molecule has 0 aliphatic heterocycles. The zero-order valence-electron chi connectivity index (χ0n) is 55.6. The summed E-state index contributed by atoms with van der Waals surface area (Å²) in [5.41, 5.74) is 10.2. The highest BCUT2D eigenvalue weighted by atomic mass is 28.5. The maximum absolute atomic E-state index is 12.7. The highest BCUT2D eigenvalue weighted by Crippen LogP contribution is 2.37. The lowest BCUT2D eigenvalue weighted by Gasteiger charge is -2.39. The van der Waals surface area contributed by atoms with Crippen molar-refractivity contribution in [3.8, 4) is 40.2 Å². The number of methoxy groups -OCH3 is 3. The van der Waals surface area contributed by atoms with Crippen LogP contribution in [0.5, 0.6) is 40.2 Å². The lowest BCUT2D eigenvalue weighted by molar-refractivity contribution is 0.120. The molecular formula is C75H90O13Si3. The third kappa shape index (κ3) is 20.9. The molecule has 0 aliphatic carbocycles. The highest BCUT2D eigenvalue weighted by molar-refractivity contribution is 6.87. The van der Waals surface area contributed by atoms with E-state index in [1.165, 1.54) is 29.4 Å². The lowest BCUT2D eigenvalue weighted by atomic mass is 9.78. The van der Waals surface area contributed by atoms with Crippen molar-refractivity contribution < 1.29 is 60.5 Å². The molecule has 8 aromatic rings. The maximum atomic E-state index is 12.7. The van der Waals surface area contributed by atoms with E-state index in [2.05, 4.69) is 134 Å². The minimum atomic E-state index is -2.40. The average Bonchev–Trinajstić information content (AvgIpc) is 1.70. The third-order valence-electron chi connectivity index (χ3n) is 16.2. The first-order chi connectivity index (χ1) is 43.2. The quantitative estimate of drug-likeness (QED) is 0.0304. The SMILES string of the molecule is COC(=O)Oc1ccc(CCC[Si](C)(C)O[Si](C)(C)O[Si](C)(C)CCCc2ccc(OC(=O)Oc3ccc(C(C)c4ccccc4)cc3)c(OC)c2)cc1OC.Cc1ccc(C(C)(C)c2ccc(OC(=O)Oc3ccc(C(C)(C)c4ccccc4)cc3)cc2)cc1. The first kappa shape index (κ1) is 70.2. The molecule has 0 heterocycles. The summed E-state index contributed by atoms with van der Waals surface area (Å²) in [4.78, 5) is 36.6. The molecule has 0 saturated heterocycles. The summed E-state index contributed by atoms with van der Waals surface area (Å²) in [5.74, 6) is 3.09. The predicted octanol–water partition coefficient (Wildman–Crippen LogP) is 19.5. The van der Waals surface area contributed by atoms with Crippen LogP contribution in [0.1, 0.15) is 103 Å². The molecule has 1 atom stereocenters. The molecule has 8 aromatic carbocycles. The number of hydrogen-bond acceptors (Lipinski definition) is 13. The Morgan fingerprint density at radius 1 is 0.407 bits per heavy atom. The molecule has 16 heteroatoms. The molecule has 0 saturated carbocycles. The van der Waals surface area contributed by atoms with E-state index >= 15 is 0 Å². The molecule has 0 spiro atoms. The van der Waals surface area contributed by atoms with Gasteiger partial charge in [-0.05, 0) is 189 Å². The fraction of sp³-hybridized carbons (Fsp3) is 0.320. The lowest BCUT2D eigenvalue weighted by Crippen LogP contribution is -2.52. The number of benzene rings is 8. The van der Waals surface area contributed by atoms with Crippen molar-refractivity contribution in [3.63, 3.8) is 0 Å². The predicted molar refractivity (Wildman–Crippen MR) is 368 cm³/mol. The number of aryl methyl sites for hydroxylation is 3. The van der Waals surface area contributed by atoms with Crippen molar-refractivity contribution in [2.75, 3.05) is 21.3 Å². The van der Waals surface area contributed by atoms with Crippen LogP contribution in [0.2, 0.25) is 51.4 Å². The Kier molecular flexibility index (Phi) is 24.4. The molecule has 0 N–H and O–H groups in total. The van der Waals surface area contributed by atoms with E-state index in [0.29, 0.717) is 40.2 Å². The van der Waals surface area contributed by atoms with Crippen LogP contribution in [0.3, 0.4) is 0 Å². The fourth-order valence-electron chi connectivity index (χ4n) is 11.1. The zero-order chi connectivity index (χ0) is 66.0. The van der Waals surface area contributed by atoms with Crippen molar-refractivity contribution in [1.82, 2.24) is 0 Å². The van der Waals surface area contributed by atoms with Gasteiger partial charge in [0.15, 0.2) is 39.6 Å². The van der Waals surface area contributed by atoms with Gasteiger partial charge in [-0.2, -0.15) is 0 Å². The van der Waals surface area contributed by atoms with Crippen LogP contribution in [0.25, 0.3) is 0 Å². The van der Waals surface area contributed by atoms with Crippen LogP contribution < -0.4 is 33.2 Å². The minimum absolute atomic E-state index is 0.158. The molecule has 0 fully saturated rings. The standard InChI is InChI=1S/C43H58O10Si3.C32H32O3/c1-32(35-18-12-11-13-19-35)36-22-24-37(25-23-36)49-43(45)51-39-27-21-34(31-41(39)47-3)17-15-29-55(7,8)53-56(9,10)52-54(5,6)28-14-16-33-20-26-38(40(30-33)46-2)50-42(44)48-4;1-23-11-13-25(14-12-23)32(4,5)27-17-21-29(22-18-27)35-30(33)34-28-19-15-26(16-20-28)31(2,3)24-9-7-6-8-10-24/h11-13,18-27,30-32H,14-17,28-29H2,1-10H3;6-22H,1-5H3. The van der Waals surface area contributed by atoms with Gasteiger partial charge in [-0.1, -0.05) is 174 Å². The number of hydrogen-bond donors (Lipinski definition) is 0. The topological polar surface area (TPSA) is 144 Å². The second-order valence-corrected chi connectivity index (χ2v) is 38.0. The molecule has 480 valence electrons. The van der Waals surface area contributed by atoms with Gasteiger partial charge in [0.25, 0.3) is 0 Å². The summed E-state index contributed by atoms with van der Waals surface area (Å²) in [6.07, 6.45) is 1.22. The number of ether oxygens (including phenoxy) is 8. The van der Waals surface area contributed by atoms with E-state index < -0.39 is 43.7 Å². The van der Waals surface area contributed by atoms with Gasteiger partial charge in [-0.25, -0.2) is 14.4 Å². The van der Waals surface area contributed by atoms with E-state index in [0.717, 1.165) is 65.6 Å². The van der Waals surface area contributed by atoms with E-state index in [9.17, 15) is 14.4 Å². The number of rotatable bonds is 25. The Morgan fingerprint density at radius 3 is 1.16 bits per heavy atom. The molecular weight excluding hydrogens is 1190 g/mol. The average molecular weight is 1280 g/mol.